The Bertz CT molecular complexity index is 803. The van der Waals surface area contributed by atoms with Crippen LogP contribution in [0.25, 0.3) is 11.0 Å². The number of aromatic amines is 1. The lowest BCUT2D eigenvalue weighted by Gasteiger charge is -2.11. The normalized spacial score (nSPS) is 17.2. The Morgan fingerprint density at radius 3 is 2.90 bits per heavy atom. The third-order valence-electron chi connectivity index (χ3n) is 4.28. The quantitative estimate of drug-likeness (QED) is 0.710. The van der Waals surface area contributed by atoms with Gasteiger partial charge in [-0.1, -0.05) is 18.2 Å². The van der Waals surface area contributed by atoms with E-state index in [-0.39, 0.29) is 0 Å². The van der Waals surface area contributed by atoms with Gasteiger partial charge in [0.2, 0.25) is 0 Å². The monoisotopic (exact) mass is 264 g/mol. The Labute approximate surface area is 117 Å². The number of aromatic nitrogens is 3. The molecule has 3 aromatic rings. The summed E-state index contributed by atoms with van der Waals surface area (Å²) in [5, 5.41) is 4.64. The lowest BCUT2D eigenvalue weighted by molar-refractivity contribution is 0.864. The molecule has 2 aromatic heterocycles. The smallest absolute Gasteiger partial charge is 0.141 e. The molecule has 0 saturated heterocycles. The number of fused-ring (bicyclic) bond motifs is 2. The predicted octanol–water partition coefficient (Wildman–Crippen LogP) is 3.13. The van der Waals surface area contributed by atoms with E-state index in [9.17, 15) is 0 Å². The zero-order valence-electron chi connectivity index (χ0n) is 11.6. The van der Waals surface area contributed by atoms with E-state index in [0.717, 1.165) is 17.9 Å². The summed E-state index contributed by atoms with van der Waals surface area (Å²) in [6, 6.07) is 8.47. The molecular formula is C16H16N4. The van der Waals surface area contributed by atoms with Crippen molar-refractivity contribution in [3.63, 3.8) is 0 Å². The van der Waals surface area contributed by atoms with Crippen LogP contribution in [0.5, 0.6) is 0 Å². The van der Waals surface area contributed by atoms with Crippen molar-refractivity contribution in [2.24, 2.45) is 0 Å². The standard InChI is InChI=1S/C16H16N4/c1-9-10(2)20-16-14(9)15(18-8-19-16)12-7-17-13-6-4-3-5-11(12)13/h3-6,8,12,17H,7H2,1-2H3,(H,18,19,20). The Balaban J connectivity index is 1.96. The van der Waals surface area contributed by atoms with Gasteiger partial charge < -0.3 is 10.3 Å². The zero-order valence-corrected chi connectivity index (χ0v) is 11.6. The van der Waals surface area contributed by atoms with Gasteiger partial charge in [-0.2, -0.15) is 0 Å². The van der Waals surface area contributed by atoms with Gasteiger partial charge in [-0.3, -0.25) is 0 Å². The molecule has 0 amide bonds. The number of aryl methyl sites for hydroxylation is 2. The molecular weight excluding hydrogens is 248 g/mol. The molecule has 4 heteroatoms. The van der Waals surface area contributed by atoms with Crippen molar-refractivity contribution in [3.8, 4) is 0 Å². The molecule has 1 unspecified atom stereocenters. The van der Waals surface area contributed by atoms with Gasteiger partial charge in [-0.05, 0) is 31.0 Å². The Hall–Kier alpha value is -2.36. The number of anilines is 1. The molecule has 0 spiro atoms. The molecule has 1 atom stereocenters. The third kappa shape index (κ3) is 1.48. The average Bonchev–Trinajstić information content (AvgIpc) is 3.01. The Morgan fingerprint density at radius 2 is 2.00 bits per heavy atom. The van der Waals surface area contributed by atoms with Gasteiger partial charge in [-0.25, -0.2) is 9.97 Å². The van der Waals surface area contributed by atoms with Crippen LogP contribution in [0.3, 0.4) is 0 Å². The minimum Gasteiger partial charge on any atom is -0.384 e. The Kier molecular flexibility index (Phi) is 2.33. The molecule has 1 aliphatic rings. The van der Waals surface area contributed by atoms with Gasteiger partial charge in [0, 0.05) is 29.2 Å². The number of rotatable bonds is 1. The van der Waals surface area contributed by atoms with E-state index in [1.54, 1.807) is 6.33 Å². The minimum atomic E-state index is 0.297. The fourth-order valence-corrected chi connectivity index (χ4v) is 3.11. The summed E-state index contributed by atoms with van der Waals surface area (Å²) in [6.45, 7) is 5.12. The second-order valence-electron chi connectivity index (χ2n) is 5.38. The highest BCUT2D eigenvalue weighted by Gasteiger charge is 2.27. The molecule has 0 aliphatic carbocycles. The van der Waals surface area contributed by atoms with Crippen molar-refractivity contribution in [2.75, 3.05) is 11.9 Å². The fraction of sp³-hybridized carbons (Fsp3) is 0.250. The van der Waals surface area contributed by atoms with Crippen LogP contribution in [0.2, 0.25) is 0 Å². The molecule has 3 heterocycles. The summed E-state index contributed by atoms with van der Waals surface area (Å²) in [4.78, 5) is 12.3. The summed E-state index contributed by atoms with van der Waals surface area (Å²) in [5.41, 5.74) is 7.02. The molecule has 4 nitrogen and oxygen atoms in total. The van der Waals surface area contributed by atoms with Gasteiger partial charge in [0.1, 0.15) is 12.0 Å². The molecule has 0 fully saturated rings. The number of nitrogens with one attached hydrogen (secondary N) is 2. The summed E-state index contributed by atoms with van der Waals surface area (Å²) < 4.78 is 0. The molecule has 1 aromatic carbocycles. The SMILES string of the molecule is Cc1[nH]c2ncnc(C3CNc4ccccc43)c2c1C. The fourth-order valence-electron chi connectivity index (χ4n) is 3.11. The summed E-state index contributed by atoms with van der Waals surface area (Å²) in [6.07, 6.45) is 1.66. The first-order chi connectivity index (χ1) is 9.75. The van der Waals surface area contributed by atoms with Crippen molar-refractivity contribution >= 4 is 16.7 Å². The summed E-state index contributed by atoms with van der Waals surface area (Å²) in [7, 11) is 0. The van der Waals surface area contributed by atoms with Crippen LogP contribution in [0, 0.1) is 13.8 Å². The first-order valence-corrected chi connectivity index (χ1v) is 6.88. The summed E-state index contributed by atoms with van der Waals surface area (Å²) >= 11 is 0. The molecule has 4 rings (SSSR count). The molecule has 2 N–H and O–H groups in total. The second kappa shape index (κ2) is 4.07. The highest BCUT2D eigenvalue weighted by atomic mass is 15.0. The van der Waals surface area contributed by atoms with Crippen molar-refractivity contribution in [1.82, 2.24) is 15.0 Å². The van der Waals surface area contributed by atoms with Crippen LogP contribution in [-0.4, -0.2) is 21.5 Å². The molecule has 100 valence electrons. The third-order valence-corrected chi connectivity index (χ3v) is 4.28. The van der Waals surface area contributed by atoms with Gasteiger partial charge in [-0.15, -0.1) is 0 Å². The van der Waals surface area contributed by atoms with Crippen LogP contribution in [-0.2, 0) is 0 Å². The topological polar surface area (TPSA) is 53.6 Å². The van der Waals surface area contributed by atoms with Crippen molar-refractivity contribution in [2.45, 2.75) is 19.8 Å². The first-order valence-electron chi connectivity index (χ1n) is 6.88. The predicted molar refractivity (Wildman–Crippen MR) is 80.1 cm³/mol. The van der Waals surface area contributed by atoms with Crippen LogP contribution in [0.15, 0.2) is 30.6 Å². The lowest BCUT2D eigenvalue weighted by atomic mass is 9.94. The molecule has 20 heavy (non-hydrogen) atoms. The number of para-hydroxylation sites is 1. The van der Waals surface area contributed by atoms with E-state index < -0.39 is 0 Å². The minimum absolute atomic E-state index is 0.297. The van der Waals surface area contributed by atoms with Crippen molar-refractivity contribution in [1.29, 1.82) is 0 Å². The molecule has 0 saturated carbocycles. The van der Waals surface area contributed by atoms with Gasteiger partial charge in [0.25, 0.3) is 0 Å². The van der Waals surface area contributed by atoms with E-state index in [4.69, 9.17) is 0 Å². The van der Waals surface area contributed by atoms with Gasteiger partial charge >= 0.3 is 0 Å². The number of hydrogen-bond acceptors (Lipinski definition) is 3. The Morgan fingerprint density at radius 1 is 1.15 bits per heavy atom. The largest absolute Gasteiger partial charge is 0.384 e. The molecule has 1 aliphatic heterocycles. The average molecular weight is 264 g/mol. The van der Waals surface area contributed by atoms with Crippen LogP contribution in [0.4, 0.5) is 5.69 Å². The highest BCUT2D eigenvalue weighted by Crippen LogP contribution is 2.38. The maximum absolute atomic E-state index is 4.59. The van der Waals surface area contributed by atoms with Crippen LogP contribution < -0.4 is 5.32 Å². The van der Waals surface area contributed by atoms with E-state index in [2.05, 4.69) is 58.4 Å². The number of benzene rings is 1. The van der Waals surface area contributed by atoms with Gasteiger partial charge in [0.05, 0.1) is 5.69 Å². The highest BCUT2D eigenvalue weighted by molar-refractivity contribution is 5.85. The number of H-pyrrole nitrogens is 1. The zero-order chi connectivity index (χ0) is 13.7. The van der Waals surface area contributed by atoms with Crippen molar-refractivity contribution in [3.05, 3.63) is 53.1 Å². The van der Waals surface area contributed by atoms with Crippen molar-refractivity contribution < 1.29 is 0 Å². The van der Waals surface area contributed by atoms with E-state index >= 15 is 0 Å². The summed E-state index contributed by atoms with van der Waals surface area (Å²) in [5.74, 6) is 0.297. The molecule has 0 bridgehead atoms. The van der Waals surface area contributed by atoms with E-state index in [0.29, 0.717) is 5.92 Å². The van der Waals surface area contributed by atoms with Crippen LogP contribution >= 0.6 is 0 Å². The van der Waals surface area contributed by atoms with Gasteiger partial charge in [0.15, 0.2) is 0 Å². The van der Waals surface area contributed by atoms with E-state index in [1.165, 1.54) is 27.9 Å². The lowest BCUT2D eigenvalue weighted by Crippen LogP contribution is -2.07. The second-order valence-corrected chi connectivity index (χ2v) is 5.38. The number of nitrogens with zero attached hydrogens (tertiary/aromatic N) is 2. The number of hydrogen-bond donors (Lipinski definition) is 2. The maximum Gasteiger partial charge on any atom is 0.141 e. The van der Waals surface area contributed by atoms with Crippen LogP contribution in [0.1, 0.15) is 28.4 Å². The maximum atomic E-state index is 4.59. The first kappa shape index (κ1) is 11.5. The molecule has 0 radical (unpaired) electrons. The van der Waals surface area contributed by atoms with E-state index in [1.807, 2.05) is 0 Å².